The molecule has 0 spiro atoms. The number of methoxy groups -OCH3 is 1. The highest BCUT2D eigenvalue weighted by Gasteiger charge is 2.32. The molecule has 0 aromatic heterocycles. The predicted molar refractivity (Wildman–Crippen MR) is 96.8 cm³/mol. The molecule has 1 atom stereocenters. The maximum absolute atomic E-state index is 12.6. The van der Waals surface area contributed by atoms with Gasteiger partial charge in [-0.3, -0.25) is 14.5 Å². The standard InChI is InChI=1S/C19H27N3O3/c1-15-12-22(16-6-8-17(25-2)9-7-16)19(24)14-21(15)13-18(23)20-10-4-3-5-11-20/h6-9,15H,3-5,10-14H2,1-2H3/t15-/m1/s1. The number of benzene rings is 1. The quantitative estimate of drug-likeness (QED) is 0.834. The second-order valence-corrected chi connectivity index (χ2v) is 6.90. The van der Waals surface area contributed by atoms with Gasteiger partial charge in [-0.2, -0.15) is 0 Å². The molecule has 2 fully saturated rings. The maximum atomic E-state index is 12.6. The monoisotopic (exact) mass is 345 g/mol. The number of likely N-dealkylation sites (tertiary alicyclic amines) is 1. The van der Waals surface area contributed by atoms with Crippen molar-refractivity contribution in [2.75, 3.05) is 44.7 Å². The number of ether oxygens (including phenoxy) is 1. The van der Waals surface area contributed by atoms with Crippen LogP contribution >= 0.6 is 0 Å². The first-order valence-electron chi connectivity index (χ1n) is 9.04. The summed E-state index contributed by atoms with van der Waals surface area (Å²) in [5, 5.41) is 0. The number of piperidine rings is 1. The summed E-state index contributed by atoms with van der Waals surface area (Å²) >= 11 is 0. The van der Waals surface area contributed by atoms with Crippen LogP contribution in [0, 0.1) is 0 Å². The van der Waals surface area contributed by atoms with Gasteiger partial charge in [0.2, 0.25) is 11.8 Å². The first kappa shape index (κ1) is 17.7. The van der Waals surface area contributed by atoms with E-state index in [1.165, 1.54) is 6.42 Å². The molecule has 0 unspecified atom stereocenters. The van der Waals surface area contributed by atoms with E-state index in [1.54, 1.807) is 12.0 Å². The minimum absolute atomic E-state index is 0.0368. The van der Waals surface area contributed by atoms with E-state index in [0.717, 1.165) is 37.4 Å². The molecule has 0 aliphatic carbocycles. The number of piperazine rings is 1. The Kier molecular flexibility index (Phi) is 5.58. The number of amides is 2. The van der Waals surface area contributed by atoms with Crippen LogP contribution < -0.4 is 9.64 Å². The lowest BCUT2D eigenvalue weighted by molar-refractivity contribution is -0.135. The van der Waals surface area contributed by atoms with Crippen molar-refractivity contribution >= 4 is 17.5 Å². The zero-order chi connectivity index (χ0) is 17.8. The molecule has 3 rings (SSSR count). The molecule has 0 N–H and O–H groups in total. The minimum Gasteiger partial charge on any atom is -0.497 e. The van der Waals surface area contributed by atoms with Crippen LogP contribution in [0.25, 0.3) is 0 Å². The molecule has 0 bridgehead atoms. The number of rotatable bonds is 4. The van der Waals surface area contributed by atoms with Crippen molar-refractivity contribution in [3.05, 3.63) is 24.3 Å². The van der Waals surface area contributed by atoms with Crippen LogP contribution in [-0.2, 0) is 9.59 Å². The molecular weight excluding hydrogens is 318 g/mol. The predicted octanol–water partition coefficient (Wildman–Crippen LogP) is 1.74. The normalized spacial score (nSPS) is 22.2. The van der Waals surface area contributed by atoms with Crippen LogP contribution in [0.2, 0.25) is 0 Å². The number of hydrogen-bond acceptors (Lipinski definition) is 4. The summed E-state index contributed by atoms with van der Waals surface area (Å²) in [6, 6.07) is 7.67. The van der Waals surface area contributed by atoms with E-state index in [9.17, 15) is 9.59 Å². The largest absolute Gasteiger partial charge is 0.497 e. The van der Waals surface area contributed by atoms with Crippen LogP contribution in [0.5, 0.6) is 5.75 Å². The zero-order valence-corrected chi connectivity index (χ0v) is 15.1. The van der Waals surface area contributed by atoms with Gasteiger partial charge in [-0.1, -0.05) is 0 Å². The summed E-state index contributed by atoms with van der Waals surface area (Å²) in [5.74, 6) is 0.960. The van der Waals surface area contributed by atoms with Crippen molar-refractivity contribution in [3.8, 4) is 5.75 Å². The summed E-state index contributed by atoms with van der Waals surface area (Å²) in [6.07, 6.45) is 3.39. The van der Waals surface area contributed by atoms with Gasteiger partial charge in [0.05, 0.1) is 20.2 Å². The fourth-order valence-electron chi connectivity index (χ4n) is 3.54. The average molecular weight is 345 g/mol. The van der Waals surface area contributed by atoms with Crippen molar-refractivity contribution in [2.24, 2.45) is 0 Å². The Labute approximate surface area is 149 Å². The van der Waals surface area contributed by atoms with E-state index in [2.05, 4.69) is 6.92 Å². The van der Waals surface area contributed by atoms with Gasteiger partial charge in [-0.15, -0.1) is 0 Å². The van der Waals surface area contributed by atoms with Gasteiger partial charge in [0.1, 0.15) is 5.75 Å². The fraction of sp³-hybridized carbons (Fsp3) is 0.579. The molecule has 0 saturated carbocycles. The third-order valence-corrected chi connectivity index (χ3v) is 5.14. The van der Waals surface area contributed by atoms with Crippen molar-refractivity contribution in [1.82, 2.24) is 9.80 Å². The second kappa shape index (κ2) is 7.87. The Balaban J connectivity index is 1.61. The van der Waals surface area contributed by atoms with Crippen LogP contribution in [0.4, 0.5) is 5.69 Å². The Morgan fingerprint density at radius 2 is 1.84 bits per heavy atom. The number of anilines is 1. The SMILES string of the molecule is COc1ccc(N2C[C@@H](C)N(CC(=O)N3CCCCC3)CC2=O)cc1. The number of carbonyl (C=O) groups is 2. The number of hydrogen-bond donors (Lipinski definition) is 0. The van der Waals surface area contributed by atoms with Gasteiger partial charge in [-0.25, -0.2) is 0 Å². The summed E-state index contributed by atoms with van der Waals surface area (Å²) in [4.78, 5) is 30.8. The van der Waals surface area contributed by atoms with Crippen molar-refractivity contribution in [2.45, 2.75) is 32.2 Å². The van der Waals surface area contributed by atoms with Gasteiger partial charge >= 0.3 is 0 Å². The highest BCUT2D eigenvalue weighted by Crippen LogP contribution is 2.23. The lowest BCUT2D eigenvalue weighted by atomic mass is 10.1. The topological polar surface area (TPSA) is 53.1 Å². The lowest BCUT2D eigenvalue weighted by Gasteiger charge is -2.40. The van der Waals surface area contributed by atoms with E-state index >= 15 is 0 Å². The first-order chi connectivity index (χ1) is 12.1. The number of carbonyl (C=O) groups excluding carboxylic acids is 2. The van der Waals surface area contributed by atoms with E-state index in [4.69, 9.17) is 4.74 Å². The molecule has 6 nitrogen and oxygen atoms in total. The van der Waals surface area contributed by atoms with Crippen molar-refractivity contribution in [1.29, 1.82) is 0 Å². The average Bonchev–Trinajstić information content (AvgIpc) is 2.65. The molecule has 2 heterocycles. The van der Waals surface area contributed by atoms with Crippen LogP contribution in [0.15, 0.2) is 24.3 Å². The van der Waals surface area contributed by atoms with Gasteiger partial charge in [0.15, 0.2) is 0 Å². The zero-order valence-electron chi connectivity index (χ0n) is 15.1. The minimum atomic E-state index is 0.0368. The van der Waals surface area contributed by atoms with Crippen molar-refractivity contribution in [3.63, 3.8) is 0 Å². The molecule has 1 aromatic rings. The Bertz CT molecular complexity index is 611. The van der Waals surface area contributed by atoms with Gasteiger partial charge in [-0.05, 0) is 50.5 Å². The van der Waals surface area contributed by atoms with E-state index in [-0.39, 0.29) is 24.4 Å². The van der Waals surface area contributed by atoms with E-state index in [1.807, 2.05) is 34.1 Å². The summed E-state index contributed by atoms with van der Waals surface area (Å²) in [5.41, 5.74) is 0.875. The van der Waals surface area contributed by atoms with E-state index in [0.29, 0.717) is 13.1 Å². The molecule has 2 saturated heterocycles. The second-order valence-electron chi connectivity index (χ2n) is 6.90. The maximum Gasteiger partial charge on any atom is 0.241 e. The molecule has 136 valence electrons. The molecule has 6 heteroatoms. The highest BCUT2D eigenvalue weighted by molar-refractivity contribution is 5.96. The van der Waals surface area contributed by atoms with E-state index < -0.39 is 0 Å². The van der Waals surface area contributed by atoms with Gasteiger partial charge in [0, 0.05) is 31.4 Å². The molecule has 2 aliphatic rings. The third kappa shape index (κ3) is 4.12. The highest BCUT2D eigenvalue weighted by atomic mass is 16.5. The summed E-state index contributed by atoms with van der Waals surface area (Å²) < 4.78 is 5.17. The van der Waals surface area contributed by atoms with Crippen LogP contribution in [-0.4, -0.2) is 67.5 Å². The van der Waals surface area contributed by atoms with Gasteiger partial charge in [0.25, 0.3) is 0 Å². The summed E-state index contributed by atoms with van der Waals surface area (Å²) in [7, 11) is 1.63. The molecule has 25 heavy (non-hydrogen) atoms. The smallest absolute Gasteiger partial charge is 0.241 e. The Hall–Kier alpha value is -2.08. The molecule has 1 aromatic carbocycles. The molecule has 2 aliphatic heterocycles. The van der Waals surface area contributed by atoms with Crippen LogP contribution in [0.3, 0.4) is 0 Å². The van der Waals surface area contributed by atoms with Crippen molar-refractivity contribution < 1.29 is 14.3 Å². The molecule has 2 amide bonds. The fourth-order valence-corrected chi connectivity index (χ4v) is 3.54. The number of nitrogens with zero attached hydrogens (tertiary/aromatic N) is 3. The summed E-state index contributed by atoms with van der Waals surface area (Å²) in [6.45, 7) is 5.00. The lowest BCUT2D eigenvalue weighted by Crippen LogP contribution is -2.57. The molecular formula is C19H27N3O3. The first-order valence-corrected chi connectivity index (χ1v) is 9.04. The van der Waals surface area contributed by atoms with Gasteiger partial charge < -0.3 is 14.5 Å². The molecule has 0 radical (unpaired) electrons. The third-order valence-electron chi connectivity index (χ3n) is 5.14. The van der Waals surface area contributed by atoms with Crippen LogP contribution in [0.1, 0.15) is 26.2 Å². The Morgan fingerprint density at radius 3 is 2.48 bits per heavy atom. The Morgan fingerprint density at radius 1 is 1.16 bits per heavy atom.